The Kier molecular flexibility index (Phi) is 9.18. The predicted octanol–water partition coefficient (Wildman–Crippen LogP) is 3.89. The van der Waals surface area contributed by atoms with Gasteiger partial charge in [0.05, 0.1) is 11.4 Å². The van der Waals surface area contributed by atoms with Crippen molar-refractivity contribution in [1.82, 2.24) is 24.3 Å². The smallest absolute Gasteiger partial charge is 0.325 e. The van der Waals surface area contributed by atoms with E-state index in [1.807, 2.05) is 23.1 Å². The molecule has 13 heteroatoms. The van der Waals surface area contributed by atoms with Crippen LogP contribution in [0.3, 0.4) is 0 Å². The Morgan fingerprint density at radius 1 is 0.936 bits per heavy atom. The van der Waals surface area contributed by atoms with Gasteiger partial charge in [0.15, 0.2) is 0 Å². The summed E-state index contributed by atoms with van der Waals surface area (Å²) in [7, 11) is -0.678. The van der Waals surface area contributed by atoms with Crippen LogP contribution in [0.2, 0.25) is 0 Å². The largest absolute Gasteiger partial charge is 0.341 e. The maximum Gasteiger partial charge on any atom is 0.325 e. The van der Waals surface area contributed by atoms with E-state index in [1.54, 1.807) is 12.1 Å². The fraction of sp³-hybridized carbons (Fsp3) is 0.559. The molecule has 4 aliphatic rings. The Labute approximate surface area is 275 Å². The molecule has 1 aliphatic carbocycles. The molecule has 6 rings (SSSR count). The molecule has 1 saturated carbocycles. The zero-order valence-electron chi connectivity index (χ0n) is 26.9. The van der Waals surface area contributed by atoms with Gasteiger partial charge in [0, 0.05) is 71.5 Å². The van der Waals surface area contributed by atoms with Crippen molar-refractivity contribution in [2.24, 2.45) is 11.8 Å². The van der Waals surface area contributed by atoms with Crippen LogP contribution in [0.25, 0.3) is 0 Å². The van der Waals surface area contributed by atoms with E-state index < -0.39 is 27.5 Å². The van der Waals surface area contributed by atoms with Gasteiger partial charge >= 0.3 is 6.03 Å². The number of carbonyl (C=O) groups is 3. The van der Waals surface area contributed by atoms with Crippen molar-refractivity contribution in [3.8, 4) is 0 Å². The number of hydrogen-bond donors (Lipinski definition) is 1. The summed E-state index contributed by atoms with van der Waals surface area (Å²) in [5.41, 5.74) is 0.814. The van der Waals surface area contributed by atoms with Crippen molar-refractivity contribution in [1.29, 1.82) is 0 Å². The molecule has 0 radical (unpaired) electrons. The number of benzene rings is 2. The van der Waals surface area contributed by atoms with Crippen molar-refractivity contribution < 1.29 is 31.6 Å². The van der Waals surface area contributed by atoms with Gasteiger partial charge in [0.2, 0.25) is 21.9 Å². The third kappa shape index (κ3) is 6.80. The standard InChI is InChI=1S/C34H43F2N5O5S/c1-38(2)47(45,46)28-10-8-24(9-11-28)20-41-31(43)33(37-32(41)44)16-18-39(19-17-33)21-27-22-40(23-29(27)25-6-4-3-5-7-25)30(42)26-12-14-34(35,36)15-13-26/h3-11,26-27,29H,12-23H2,1-2H3,(H,37,44)/t27-,29?/m0/s1. The summed E-state index contributed by atoms with van der Waals surface area (Å²) in [4.78, 5) is 45.6. The highest BCUT2D eigenvalue weighted by Gasteiger charge is 2.52. The Morgan fingerprint density at radius 2 is 1.57 bits per heavy atom. The van der Waals surface area contributed by atoms with Gasteiger partial charge < -0.3 is 15.1 Å². The van der Waals surface area contributed by atoms with Crippen LogP contribution < -0.4 is 5.32 Å². The topological polar surface area (TPSA) is 110 Å². The molecule has 1 N–H and O–H groups in total. The summed E-state index contributed by atoms with van der Waals surface area (Å²) >= 11 is 0. The number of halogens is 2. The molecule has 3 heterocycles. The number of rotatable bonds is 8. The van der Waals surface area contributed by atoms with E-state index >= 15 is 0 Å². The lowest BCUT2D eigenvalue weighted by molar-refractivity contribution is -0.139. The number of urea groups is 1. The molecule has 10 nitrogen and oxygen atoms in total. The highest BCUT2D eigenvalue weighted by Crippen LogP contribution is 2.40. The second kappa shape index (κ2) is 12.9. The number of imide groups is 1. The lowest BCUT2D eigenvalue weighted by atomic mass is 9.85. The summed E-state index contributed by atoms with van der Waals surface area (Å²) in [5.74, 6) is -3.07. The number of alkyl halides is 2. The van der Waals surface area contributed by atoms with Gasteiger partial charge in [-0.25, -0.2) is 26.3 Å². The SMILES string of the molecule is CN(C)S(=O)(=O)c1ccc(CN2C(=O)NC3(CCN(C[C@H]4CN(C(=O)C5CCC(F)(F)CC5)CC4c4ccccc4)CC3)C2=O)cc1. The fourth-order valence-electron chi connectivity index (χ4n) is 7.63. The van der Waals surface area contributed by atoms with E-state index in [0.29, 0.717) is 44.6 Å². The van der Waals surface area contributed by atoms with E-state index in [9.17, 15) is 31.6 Å². The highest BCUT2D eigenvalue weighted by atomic mass is 32.2. The van der Waals surface area contributed by atoms with Crippen LogP contribution in [0, 0.1) is 11.8 Å². The van der Waals surface area contributed by atoms with Crippen LogP contribution in [0.5, 0.6) is 0 Å². The third-order valence-corrected chi connectivity index (χ3v) is 12.4. The summed E-state index contributed by atoms with van der Waals surface area (Å²) in [6, 6.07) is 15.8. The molecule has 2 aromatic rings. The molecule has 2 aromatic carbocycles. The molecule has 1 spiro atoms. The first-order valence-electron chi connectivity index (χ1n) is 16.4. The van der Waals surface area contributed by atoms with Gasteiger partial charge in [-0.05, 0) is 54.9 Å². The number of hydrogen-bond acceptors (Lipinski definition) is 6. The summed E-state index contributed by atoms with van der Waals surface area (Å²) in [6.07, 6.45) is 0.873. The van der Waals surface area contributed by atoms with Gasteiger partial charge in [-0.3, -0.25) is 14.5 Å². The number of nitrogens with one attached hydrogen (secondary N) is 1. The number of piperidine rings is 1. The van der Waals surface area contributed by atoms with Crippen LogP contribution in [-0.4, -0.2) is 104 Å². The molecule has 1 unspecified atom stereocenters. The van der Waals surface area contributed by atoms with Crippen LogP contribution in [-0.2, 0) is 26.2 Å². The van der Waals surface area contributed by atoms with Gasteiger partial charge in [-0.15, -0.1) is 0 Å². The first-order valence-corrected chi connectivity index (χ1v) is 17.8. The quantitative estimate of drug-likeness (QED) is 0.427. The Hall–Kier alpha value is -3.42. The Morgan fingerprint density at radius 3 is 2.19 bits per heavy atom. The van der Waals surface area contributed by atoms with Gasteiger partial charge in [0.1, 0.15) is 5.54 Å². The molecule has 3 saturated heterocycles. The normalized spacial score (nSPS) is 25.1. The summed E-state index contributed by atoms with van der Waals surface area (Å²) in [5, 5.41) is 2.95. The van der Waals surface area contributed by atoms with Crippen molar-refractivity contribution in [3.05, 3.63) is 65.7 Å². The van der Waals surface area contributed by atoms with Crippen molar-refractivity contribution in [2.75, 3.05) is 46.8 Å². The molecule has 4 fully saturated rings. The van der Waals surface area contributed by atoms with Crippen LogP contribution >= 0.6 is 0 Å². The number of likely N-dealkylation sites (tertiary alicyclic amines) is 2. The van der Waals surface area contributed by atoms with Gasteiger partial charge in [0.25, 0.3) is 5.91 Å². The average Bonchev–Trinajstić information content (AvgIpc) is 3.57. The Balaban J connectivity index is 1.08. The number of sulfonamides is 1. The van der Waals surface area contributed by atoms with E-state index in [1.165, 1.54) is 31.1 Å². The molecule has 4 amide bonds. The van der Waals surface area contributed by atoms with E-state index in [4.69, 9.17) is 0 Å². The highest BCUT2D eigenvalue weighted by molar-refractivity contribution is 7.89. The minimum Gasteiger partial charge on any atom is -0.341 e. The number of nitrogens with zero attached hydrogens (tertiary/aromatic N) is 4. The zero-order chi connectivity index (χ0) is 33.6. The molecule has 0 bridgehead atoms. The first kappa shape index (κ1) is 33.5. The molecule has 254 valence electrons. The lowest BCUT2D eigenvalue weighted by Crippen LogP contribution is -2.55. The van der Waals surface area contributed by atoms with Crippen LogP contribution in [0.4, 0.5) is 13.6 Å². The van der Waals surface area contributed by atoms with Gasteiger partial charge in [-0.1, -0.05) is 42.5 Å². The maximum atomic E-state index is 13.8. The van der Waals surface area contributed by atoms with Crippen LogP contribution in [0.15, 0.2) is 59.5 Å². The minimum atomic E-state index is -3.59. The van der Waals surface area contributed by atoms with Gasteiger partial charge in [-0.2, -0.15) is 0 Å². The lowest BCUT2D eigenvalue weighted by Gasteiger charge is -2.39. The number of amides is 4. The van der Waals surface area contributed by atoms with Crippen molar-refractivity contribution in [3.63, 3.8) is 0 Å². The van der Waals surface area contributed by atoms with Crippen molar-refractivity contribution >= 4 is 27.9 Å². The average molecular weight is 672 g/mol. The second-order valence-electron chi connectivity index (χ2n) is 13.8. The molecule has 47 heavy (non-hydrogen) atoms. The Bertz CT molecular complexity index is 1590. The zero-order valence-corrected chi connectivity index (χ0v) is 27.7. The van der Waals surface area contributed by atoms with Crippen molar-refractivity contribution in [2.45, 2.75) is 67.3 Å². The molecular weight excluding hydrogens is 628 g/mol. The third-order valence-electron chi connectivity index (χ3n) is 10.5. The molecular formula is C34H43F2N5O5S. The molecule has 3 aliphatic heterocycles. The summed E-state index contributed by atoms with van der Waals surface area (Å²) in [6.45, 7) is 3.08. The first-order chi connectivity index (χ1) is 22.3. The monoisotopic (exact) mass is 671 g/mol. The van der Waals surface area contributed by atoms with E-state index in [0.717, 1.165) is 16.4 Å². The molecule has 2 atom stereocenters. The predicted molar refractivity (Wildman–Crippen MR) is 171 cm³/mol. The molecule has 0 aromatic heterocycles. The van der Waals surface area contributed by atoms with Crippen LogP contribution in [0.1, 0.15) is 55.6 Å². The maximum absolute atomic E-state index is 13.8. The van der Waals surface area contributed by atoms with E-state index in [2.05, 4.69) is 22.3 Å². The second-order valence-corrected chi connectivity index (χ2v) is 15.9. The minimum absolute atomic E-state index is 0.0187. The van der Waals surface area contributed by atoms with E-state index in [-0.39, 0.29) is 66.7 Å². The summed E-state index contributed by atoms with van der Waals surface area (Å²) < 4.78 is 53.5. The fourth-order valence-corrected chi connectivity index (χ4v) is 8.53. The number of carbonyl (C=O) groups excluding carboxylic acids is 3.